The first-order chi connectivity index (χ1) is 8.92. The summed E-state index contributed by atoms with van der Waals surface area (Å²) in [6.07, 6.45) is 4.58. The Hall–Kier alpha value is -1.58. The third-order valence-electron chi connectivity index (χ3n) is 3.33. The van der Waals surface area contributed by atoms with Crippen LogP contribution in [0.3, 0.4) is 0 Å². The fraction of sp³-hybridized carbons (Fsp3) is 0.333. The molecule has 3 rings (SSSR count). The maximum Gasteiger partial charge on any atom is 0.0980 e. The molecule has 0 amide bonds. The third kappa shape index (κ3) is 2.63. The molecular formula is C15H17NO2. The van der Waals surface area contributed by atoms with Gasteiger partial charge in [-0.3, -0.25) is 0 Å². The lowest BCUT2D eigenvalue weighted by Crippen LogP contribution is -2.43. The van der Waals surface area contributed by atoms with E-state index in [-0.39, 0.29) is 6.10 Å². The molecule has 1 aliphatic heterocycles. The number of benzene rings is 1. The minimum Gasteiger partial charge on any atom is -0.472 e. The second-order valence-corrected chi connectivity index (χ2v) is 4.67. The topological polar surface area (TPSA) is 34.4 Å². The van der Waals surface area contributed by atoms with Crippen LogP contribution >= 0.6 is 0 Å². The van der Waals surface area contributed by atoms with Crippen LogP contribution < -0.4 is 5.32 Å². The van der Waals surface area contributed by atoms with Crippen molar-refractivity contribution >= 4 is 0 Å². The molecule has 1 saturated heterocycles. The van der Waals surface area contributed by atoms with E-state index in [9.17, 15) is 0 Å². The third-order valence-corrected chi connectivity index (χ3v) is 3.33. The monoisotopic (exact) mass is 243 g/mol. The molecule has 94 valence electrons. The van der Waals surface area contributed by atoms with Gasteiger partial charge in [-0.1, -0.05) is 30.3 Å². The normalized spacial score (nSPS) is 24.0. The fourth-order valence-corrected chi connectivity index (χ4v) is 2.33. The quantitative estimate of drug-likeness (QED) is 0.899. The largest absolute Gasteiger partial charge is 0.472 e. The van der Waals surface area contributed by atoms with E-state index in [1.54, 1.807) is 12.5 Å². The Morgan fingerprint density at radius 3 is 2.72 bits per heavy atom. The van der Waals surface area contributed by atoms with E-state index in [4.69, 9.17) is 9.15 Å². The van der Waals surface area contributed by atoms with Crippen molar-refractivity contribution in [1.82, 2.24) is 5.32 Å². The van der Waals surface area contributed by atoms with Gasteiger partial charge in [-0.05, 0) is 18.1 Å². The number of nitrogens with one attached hydrogen (secondary N) is 1. The van der Waals surface area contributed by atoms with E-state index >= 15 is 0 Å². The van der Waals surface area contributed by atoms with Gasteiger partial charge < -0.3 is 14.5 Å². The molecule has 0 spiro atoms. The number of ether oxygens (including phenoxy) is 1. The number of morpholine rings is 1. The average Bonchev–Trinajstić information content (AvgIpc) is 2.95. The van der Waals surface area contributed by atoms with Gasteiger partial charge in [0.2, 0.25) is 0 Å². The Morgan fingerprint density at radius 1 is 1.17 bits per heavy atom. The van der Waals surface area contributed by atoms with Gasteiger partial charge in [0.1, 0.15) is 0 Å². The number of hydrogen-bond acceptors (Lipinski definition) is 3. The molecular weight excluding hydrogens is 226 g/mol. The molecule has 2 heterocycles. The summed E-state index contributed by atoms with van der Waals surface area (Å²) in [5, 5.41) is 3.54. The van der Waals surface area contributed by atoms with Crippen LogP contribution in [0.25, 0.3) is 0 Å². The van der Waals surface area contributed by atoms with E-state index in [0.29, 0.717) is 6.04 Å². The van der Waals surface area contributed by atoms with Crippen molar-refractivity contribution < 1.29 is 9.15 Å². The first-order valence-electron chi connectivity index (χ1n) is 6.33. The van der Waals surface area contributed by atoms with Gasteiger partial charge in [0.25, 0.3) is 0 Å². The van der Waals surface area contributed by atoms with Crippen molar-refractivity contribution in [2.75, 3.05) is 13.2 Å². The smallest absolute Gasteiger partial charge is 0.0980 e. The van der Waals surface area contributed by atoms with Crippen molar-refractivity contribution in [3.8, 4) is 0 Å². The van der Waals surface area contributed by atoms with Crippen LogP contribution in [0.4, 0.5) is 0 Å². The second kappa shape index (κ2) is 5.38. The fourth-order valence-electron chi connectivity index (χ4n) is 2.33. The lowest BCUT2D eigenvalue weighted by molar-refractivity contribution is 0.00278. The van der Waals surface area contributed by atoms with Gasteiger partial charge in [0.05, 0.1) is 25.2 Å². The van der Waals surface area contributed by atoms with Crippen molar-refractivity contribution in [2.24, 2.45) is 0 Å². The highest BCUT2D eigenvalue weighted by atomic mass is 16.5. The van der Waals surface area contributed by atoms with Gasteiger partial charge >= 0.3 is 0 Å². The predicted octanol–water partition coefficient (Wildman–Crippen LogP) is 2.55. The van der Waals surface area contributed by atoms with Crippen molar-refractivity contribution in [3.63, 3.8) is 0 Å². The highest BCUT2D eigenvalue weighted by Gasteiger charge is 2.22. The van der Waals surface area contributed by atoms with Gasteiger partial charge in [-0.2, -0.15) is 0 Å². The van der Waals surface area contributed by atoms with Crippen LogP contribution in [-0.2, 0) is 11.2 Å². The van der Waals surface area contributed by atoms with Crippen molar-refractivity contribution in [2.45, 2.75) is 18.6 Å². The molecule has 1 aromatic carbocycles. The summed E-state index contributed by atoms with van der Waals surface area (Å²) >= 11 is 0. The zero-order valence-corrected chi connectivity index (χ0v) is 10.2. The zero-order valence-electron chi connectivity index (χ0n) is 10.2. The lowest BCUT2D eigenvalue weighted by atomic mass is 10.0. The van der Waals surface area contributed by atoms with Crippen LogP contribution in [0.2, 0.25) is 0 Å². The standard InChI is InChI=1S/C15H17NO2/c1-2-4-12(5-3-1)8-14-11-18-15(9-16-14)13-6-7-17-10-13/h1-7,10,14-16H,8-9,11H2. The molecule has 0 saturated carbocycles. The summed E-state index contributed by atoms with van der Waals surface area (Å²) in [5.41, 5.74) is 2.46. The van der Waals surface area contributed by atoms with E-state index in [1.807, 2.05) is 12.1 Å². The van der Waals surface area contributed by atoms with E-state index in [2.05, 4.69) is 29.6 Å². The molecule has 0 radical (unpaired) electrons. The van der Waals surface area contributed by atoms with Crippen LogP contribution in [0, 0.1) is 0 Å². The molecule has 18 heavy (non-hydrogen) atoms. The molecule has 0 aliphatic carbocycles. The Balaban J connectivity index is 1.54. The first kappa shape index (κ1) is 11.5. The van der Waals surface area contributed by atoms with Crippen LogP contribution in [-0.4, -0.2) is 19.2 Å². The molecule has 2 atom stereocenters. The second-order valence-electron chi connectivity index (χ2n) is 4.67. The molecule has 1 fully saturated rings. The van der Waals surface area contributed by atoms with Crippen molar-refractivity contribution in [3.05, 3.63) is 60.1 Å². The van der Waals surface area contributed by atoms with Gasteiger partial charge in [0.15, 0.2) is 0 Å². The molecule has 2 unspecified atom stereocenters. The molecule has 0 bridgehead atoms. The molecule has 1 aliphatic rings. The van der Waals surface area contributed by atoms with E-state index < -0.39 is 0 Å². The Kier molecular flexibility index (Phi) is 3.44. The highest BCUT2D eigenvalue weighted by Crippen LogP contribution is 2.21. The van der Waals surface area contributed by atoms with Crippen LogP contribution in [0.5, 0.6) is 0 Å². The van der Waals surface area contributed by atoms with E-state index in [0.717, 1.165) is 25.1 Å². The van der Waals surface area contributed by atoms with Gasteiger partial charge in [0, 0.05) is 18.2 Å². The Labute approximate surface area is 107 Å². The van der Waals surface area contributed by atoms with E-state index in [1.165, 1.54) is 5.56 Å². The average molecular weight is 243 g/mol. The molecule has 3 nitrogen and oxygen atoms in total. The van der Waals surface area contributed by atoms with Crippen LogP contribution in [0.15, 0.2) is 53.3 Å². The van der Waals surface area contributed by atoms with Gasteiger partial charge in [-0.15, -0.1) is 0 Å². The lowest BCUT2D eigenvalue weighted by Gasteiger charge is -2.30. The molecule has 1 N–H and O–H groups in total. The maximum absolute atomic E-state index is 5.88. The Bertz CT molecular complexity index is 459. The molecule has 1 aromatic heterocycles. The summed E-state index contributed by atoms with van der Waals surface area (Å²) in [6, 6.07) is 12.9. The molecule has 2 aromatic rings. The number of hydrogen-bond donors (Lipinski definition) is 1. The summed E-state index contributed by atoms with van der Waals surface area (Å²) in [4.78, 5) is 0. The van der Waals surface area contributed by atoms with Gasteiger partial charge in [-0.25, -0.2) is 0 Å². The number of rotatable bonds is 3. The van der Waals surface area contributed by atoms with Crippen LogP contribution in [0.1, 0.15) is 17.2 Å². The van der Waals surface area contributed by atoms with Crippen molar-refractivity contribution in [1.29, 1.82) is 0 Å². The maximum atomic E-state index is 5.88. The number of furan rings is 1. The minimum atomic E-state index is 0.121. The molecule has 3 heteroatoms. The minimum absolute atomic E-state index is 0.121. The Morgan fingerprint density at radius 2 is 2.06 bits per heavy atom. The summed E-state index contributed by atoms with van der Waals surface area (Å²) in [7, 11) is 0. The summed E-state index contributed by atoms with van der Waals surface area (Å²) in [6.45, 7) is 1.59. The SMILES string of the molecule is c1ccc(CC2COC(c3ccoc3)CN2)cc1. The zero-order chi connectivity index (χ0) is 12.2. The predicted molar refractivity (Wildman–Crippen MR) is 69.3 cm³/mol. The highest BCUT2D eigenvalue weighted by molar-refractivity contribution is 5.16. The summed E-state index contributed by atoms with van der Waals surface area (Å²) < 4.78 is 11.0. The first-order valence-corrected chi connectivity index (χ1v) is 6.33. The summed E-state index contributed by atoms with van der Waals surface area (Å²) in [5.74, 6) is 0.